The molecule has 4 nitrogen and oxygen atoms in total. The van der Waals surface area contributed by atoms with E-state index in [-0.39, 0.29) is 12.6 Å². The van der Waals surface area contributed by atoms with Crippen molar-refractivity contribution in [3.63, 3.8) is 0 Å². The van der Waals surface area contributed by atoms with Crippen molar-refractivity contribution in [2.45, 2.75) is 12.5 Å². The fourth-order valence-electron chi connectivity index (χ4n) is 1.59. The standard InChI is InChI=1S/C14H16N2O2/c15-12(10-17)9-11-4-6-13(7-5-11)18-14-3-1-2-8-16-14/h1-8,12,17H,9-10,15H2/t12-/m0/s1. The van der Waals surface area contributed by atoms with Gasteiger partial charge in [0.15, 0.2) is 0 Å². The van der Waals surface area contributed by atoms with Crippen LogP contribution in [0.4, 0.5) is 0 Å². The van der Waals surface area contributed by atoms with Gasteiger partial charge in [-0.15, -0.1) is 0 Å². The molecular formula is C14H16N2O2. The minimum Gasteiger partial charge on any atom is -0.439 e. The highest BCUT2D eigenvalue weighted by Crippen LogP contribution is 2.19. The van der Waals surface area contributed by atoms with Crippen LogP contribution in [0.2, 0.25) is 0 Å². The molecule has 0 bridgehead atoms. The molecule has 0 aliphatic rings. The summed E-state index contributed by atoms with van der Waals surface area (Å²) in [7, 11) is 0. The first-order chi connectivity index (χ1) is 8.78. The minimum absolute atomic E-state index is 0.00775. The summed E-state index contributed by atoms with van der Waals surface area (Å²) in [4.78, 5) is 4.08. The van der Waals surface area contributed by atoms with Crippen LogP contribution in [0.15, 0.2) is 48.7 Å². The average molecular weight is 244 g/mol. The fraction of sp³-hybridized carbons (Fsp3) is 0.214. The van der Waals surface area contributed by atoms with E-state index in [4.69, 9.17) is 15.6 Å². The van der Waals surface area contributed by atoms with E-state index in [2.05, 4.69) is 4.98 Å². The molecule has 0 fully saturated rings. The van der Waals surface area contributed by atoms with Gasteiger partial charge in [-0.25, -0.2) is 4.98 Å². The third kappa shape index (κ3) is 3.55. The number of hydrogen-bond donors (Lipinski definition) is 2. The molecule has 0 aliphatic carbocycles. The quantitative estimate of drug-likeness (QED) is 0.840. The molecule has 1 aromatic carbocycles. The van der Waals surface area contributed by atoms with Crippen LogP contribution in [0.5, 0.6) is 11.6 Å². The second-order valence-electron chi connectivity index (χ2n) is 4.06. The van der Waals surface area contributed by atoms with Crippen molar-refractivity contribution in [3.05, 3.63) is 54.2 Å². The number of aliphatic hydroxyl groups excluding tert-OH is 1. The second kappa shape index (κ2) is 6.14. The van der Waals surface area contributed by atoms with Gasteiger partial charge in [0.25, 0.3) is 0 Å². The molecule has 0 amide bonds. The van der Waals surface area contributed by atoms with E-state index in [1.165, 1.54) is 0 Å². The van der Waals surface area contributed by atoms with Crippen LogP contribution in [0.3, 0.4) is 0 Å². The fourth-order valence-corrected chi connectivity index (χ4v) is 1.59. The Hall–Kier alpha value is -1.91. The Morgan fingerprint density at radius 3 is 2.56 bits per heavy atom. The zero-order valence-electron chi connectivity index (χ0n) is 9.99. The molecule has 0 spiro atoms. The van der Waals surface area contributed by atoms with Gasteiger partial charge in [-0.3, -0.25) is 0 Å². The van der Waals surface area contributed by atoms with E-state index in [1.807, 2.05) is 36.4 Å². The number of hydrogen-bond acceptors (Lipinski definition) is 4. The number of benzene rings is 1. The van der Waals surface area contributed by atoms with Gasteiger partial charge in [-0.05, 0) is 30.2 Å². The van der Waals surface area contributed by atoms with Crippen molar-refractivity contribution in [2.24, 2.45) is 5.73 Å². The van der Waals surface area contributed by atoms with E-state index in [0.717, 1.165) is 11.3 Å². The Labute approximate surface area is 106 Å². The molecule has 2 aromatic rings. The van der Waals surface area contributed by atoms with E-state index in [9.17, 15) is 0 Å². The molecule has 0 unspecified atom stereocenters. The molecule has 94 valence electrons. The zero-order chi connectivity index (χ0) is 12.8. The van der Waals surface area contributed by atoms with Crippen LogP contribution in [-0.2, 0) is 6.42 Å². The summed E-state index contributed by atoms with van der Waals surface area (Å²) in [5, 5.41) is 8.89. The number of nitrogens with two attached hydrogens (primary N) is 1. The summed E-state index contributed by atoms with van der Waals surface area (Å²) in [5.74, 6) is 1.30. The van der Waals surface area contributed by atoms with Crippen LogP contribution in [0.25, 0.3) is 0 Å². The number of rotatable bonds is 5. The lowest BCUT2D eigenvalue weighted by molar-refractivity contribution is 0.265. The molecule has 1 aromatic heterocycles. The minimum atomic E-state index is -0.215. The largest absolute Gasteiger partial charge is 0.439 e. The molecule has 1 atom stereocenters. The van der Waals surface area contributed by atoms with Gasteiger partial charge in [0.2, 0.25) is 5.88 Å². The molecule has 18 heavy (non-hydrogen) atoms. The molecule has 0 aliphatic heterocycles. The van der Waals surface area contributed by atoms with Crippen LogP contribution in [0, 0.1) is 0 Å². The second-order valence-corrected chi connectivity index (χ2v) is 4.06. The lowest BCUT2D eigenvalue weighted by atomic mass is 10.1. The highest BCUT2D eigenvalue weighted by atomic mass is 16.5. The molecule has 0 saturated heterocycles. The number of aromatic nitrogens is 1. The van der Waals surface area contributed by atoms with Crippen molar-refractivity contribution < 1.29 is 9.84 Å². The monoisotopic (exact) mass is 244 g/mol. The predicted octanol–water partition coefficient (Wildman–Crippen LogP) is 1.74. The van der Waals surface area contributed by atoms with Crippen molar-refractivity contribution in [3.8, 4) is 11.6 Å². The van der Waals surface area contributed by atoms with Crippen LogP contribution in [-0.4, -0.2) is 22.7 Å². The number of aliphatic hydroxyl groups is 1. The summed E-state index contributed by atoms with van der Waals surface area (Å²) < 4.78 is 5.57. The Kier molecular flexibility index (Phi) is 4.28. The van der Waals surface area contributed by atoms with Gasteiger partial charge >= 0.3 is 0 Å². The van der Waals surface area contributed by atoms with E-state index >= 15 is 0 Å². The maximum atomic E-state index is 8.89. The number of nitrogens with zero attached hydrogens (tertiary/aromatic N) is 1. The smallest absolute Gasteiger partial charge is 0.219 e. The summed E-state index contributed by atoms with van der Waals surface area (Å²) in [5.41, 5.74) is 6.75. The highest BCUT2D eigenvalue weighted by Gasteiger charge is 2.03. The van der Waals surface area contributed by atoms with Crippen molar-refractivity contribution in [1.82, 2.24) is 4.98 Å². The molecule has 4 heteroatoms. The van der Waals surface area contributed by atoms with E-state index in [0.29, 0.717) is 12.3 Å². The average Bonchev–Trinajstić information content (AvgIpc) is 2.42. The normalized spacial score (nSPS) is 12.1. The Morgan fingerprint density at radius 1 is 1.17 bits per heavy atom. The lowest BCUT2D eigenvalue weighted by Crippen LogP contribution is -2.26. The number of pyridine rings is 1. The van der Waals surface area contributed by atoms with E-state index in [1.54, 1.807) is 12.3 Å². The third-order valence-electron chi connectivity index (χ3n) is 2.52. The topological polar surface area (TPSA) is 68.4 Å². The maximum absolute atomic E-state index is 8.89. The molecule has 1 heterocycles. The third-order valence-corrected chi connectivity index (χ3v) is 2.52. The van der Waals surface area contributed by atoms with Gasteiger partial charge in [0.05, 0.1) is 6.61 Å². The van der Waals surface area contributed by atoms with Crippen molar-refractivity contribution in [1.29, 1.82) is 0 Å². The predicted molar refractivity (Wildman–Crippen MR) is 69.5 cm³/mol. The molecule has 2 rings (SSSR count). The first-order valence-corrected chi connectivity index (χ1v) is 5.82. The first-order valence-electron chi connectivity index (χ1n) is 5.82. The van der Waals surface area contributed by atoms with Crippen LogP contribution < -0.4 is 10.5 Å². The summed E-state index contributed by atoms with van der Waals surface area (Å²) in [6.07, 6.45) is 2.34. The van der Waals surface area contributed by atoms with Crippen molar-refractivity contribution in [2.75, 3.05) is 6.61 Å². The highest BCUT2D eigenvalue weighted by molar-refractivity contribution is 5.30. The molecule has 0 radical (unpaired) electrons. The summed E-state index contributed by atoms with van der Waals surface area (Å²) in [6.45, 7) is -0.00775. The van der Waals surface area contributed by atoms with Gasteiger partial charge in [-0.1, -0.05) is 18.2 Å². The zero-order valence-corrected chi connectivity index (χ0v) is 9.99. The first kappa shape index (κ1) is 12.5. The lowest BCUT2D eigenvalue weighted by Gasteiger charge is -2.09. The van der Waals surface area contributed by atoms with E-state index < -0.39 is 0 Å². The molecular weight excluding hydrogens is 228 g/mol. The Morgan fingerprint density at radius 2 is 1.94 bits per heavy atom. The Balaban J connectivity index is 2.00. The summed E-state index contributed by atoms with van der Waals surface area (Å²) >= 11 is 0. The SMILES string of the molecule is N[C@H](CO)Cc1ccc(Oc2ccccn2)cc1. The van der Waals surface area contributed by atoms with Crippen molar-refractivity contribution >= 4 is 0 Å². The Bertz CT molecular complexity index is 471. The van der Waals surface area contributed by atoms with Crippen LogP contribution >= 0.6 is 0 Å². The van der Waals surface area contributed by atoms with Gasteiger partial charge in [-0.2, -0.15) is 0 Å². The molecule has 0 saturated carbocycles. The van der Waals surface area contributed by atoms with Crippen LogP contribution in [0.1, 0.15) is 5.56 Å². The maximum Gasteiger partial charge on any atom is 0.219 e. The van der Waals surface area contributed by atoms with Gasteiger partial charge in [0, 0.05) is 18.3 Å². The number of ether oxygens (including phenoxy) is 1. The van der Waals surface area contributed by atoms with Gasteiger partial charge in [0.1, 0.15) is 5.75 Å². The van der Waals surface area contributed by atoms with Gasteiger partial charge < -0.3 is 15.6 Å². The molecule has 3 N–H and O–H groups in total. The summed E-state index contributed by atoms with van der Waals surface area (Å²) in [6, 6.07) is 12.9.